The molecule has 1 atom stereocenters. The first-order valence-corrected chi connectivity index (χ1v) is 10.3. The number of rotatable bonds is 8. The predicted octanol–water partition coefficient (Wildman–Crippen LogP) is 3.75. The molecule has 10 heteroatoms. The number of nitrogens with one attached hydrogen (secondary N) is 2. The fourth-order valence-corrected chi connectivity index (χ4v) is 3.33. The molecule has 1 aromatic carbocycles. The third kappa shape index (κ3) is 6.40. The highest BCUT2D eigenvalue weighted by Crippen LogP contribution is 2.30. The van der Waals surface area contributed by atoms with Crippen LogP contribution in [0.15, 0.2) is 24.4 Å². The fourth-order valence-electron chi connectivity index (χ4n) is 2.31. The molecular formula is C20H24ClFN4O3S. The van der Waals surface area contributed by atoms with Crippen molar-refractivity contribution in [1.82, 2.24) is 4.98 Å². The third-order valence-corrected chi connectivity index (χ3v) is 4.97. The van der Waals surface area contributed by atoms with Crippen LogP contribution in [-0.2, 0) is 0 Å². The van der Waals surface area contributed by atoms with Crippen molar-refractivity contribution < 1.29 is 19.0 Å². The lowest BCUT2D eigenvalue weighted by Crippen LogP contribution is -2.31. The van der Waals surface area contributed by atoms with Crippen LogP contribution in [0.2, 0.25) is 5.02 Å². The van der Waals surface area contributed by atoms with Crippen LogP contribution in [-0.4, -0.2) is 45.5 Å². The lowest BCUT2D eigenvalue weighted by Gasteiger charge is -2.14. The second kappa shape index (κ2) is 10.7. The van der Waals surface area contributed by atoms with Crippen molar-refractivity contribution in [2.24, 2.45) is 5.73 Å². The van der Waals surface area contributed by atoms with E-state index in [1.165, 1.54) is 12.3 Å². The number of halogens is 2. The van der Waals surface area contributed by atoms with Crippen molar-refractivity contribution in [3.05, 3.63) is 51.9 Å². The number of aromatic nitrogens is 1. The van der Waals surface area contributed by atoms with E-state index in [0.29, 0.717) is 11.4 Å². The molecule has 1 aromatic heterocycles. The van der Waals surface area contributed by atoms with Crippen molar-refractivity contribution in [3.63, 3.8) is 0 Å². The maximum Gasteiger partial charge on any atom is 0.216 e. The smallest absolute Gasteiger partial charge is 0.216 e. The zero-order valence-electron chi connectivity index (χ0n) is 16.8. The second-order valence-corrected chi connectivity index (χ2v) is 8.22. The number of aryl methyl sites for hydroxylation is 1. The number of benzene rings is 1. The van der Waals surface area contributed by atoms with Crippen LogP contribution >= 0.6 is 23.4 Å². The molecule has 2 rings (SSSR count). The van der Waals surface area contributed by atoms with Gasteiger partial charge in [-0.1, -0.05) is 23.4 Å². The largest absolute Gasteiger partial charge is 0.489 e. The molecule has 7 nitrogen and oxygen atoms in total. The summed E-state index contributed by atoms with van der Waals surface area (Å²) in [6, 6.07) is 3.43. The minimum absolute atomic E-state index is 0.0209. The van der Waals surface area contributed by atoms with E-state index in [1.807, 2.05) is 20.8 Å². The van der Waals surface area contributed by atoms with Gasteiger partial charge in [0.25, 0.3) is 0 Å². The Morgan fingerprint density at radius 3 is 2.60 bits per heavy atom. The summed E-state index contributed by atoms with van der Waals surface area (Å²) in [5.74, 6) is -0.353. The number of ether oxygens (including phenoxy) is 2. The maximum atomic E-state index is 14.3. The van der Waals surface area contributed by atoms with E-state index in [9.17, 15) is 4.39 Å². The van der Waals surface area contributed by atoms with Gasteiger partial charge in [-0.15, -0.1) is 0 Å². The summed E-state index contributed by atoms with van der Waals surface area (Å²) in [6.45, 7) is 5.24. The van der Waals surface area contributed by atoms with E-state index in [0.717, 1.165) is 23.4 Å². The van der Waals surface area contributed by atoms with Crippen LogP contribution < -0.4 is 15.2 Å². The molecule has 0 aliphatic rings. The number of hydrogen-bond donors (Lipinski definition) is 4. The molecule has 0 spiro atoms. The van der Waals surface area contributed by atoms with Crippen LogP contribution in [0.25, 0.3) is 0 Å². The highest BCUT2D eigenvalue weighted by atomic mass is 35.5. The Morgan fingerprint density at radius 1 is 1.30 bits per heavy atom. The number of nitrogens with two attached hydrogens (primary N) is 1. The van der Waals surface area contributed by atoms with Gasteiger partial charge in [-0.05, 0) is 32.9 Å². The Kier molecular flexibility index (Phi) is 8.60. The van der Waals surface area contributed by atoms with E-state index in [-0.39, 0.29) is 45.7 Å². The van der Waals surface area contributed by atoms with Crippen molar-refractivity contribution in [3.8, 4) is 11.6 Å². The Balaban J connectivity index is 2.12. The lowest BCUT2D eigenvalue weighted by atomic mass is 10.2. The average Bonchev–Trinajstić information content (AvgIpc) is 2.68. The van der Waals surface area contributed by atoms with Gasteiger partial charge in [0.2, 0.25) is 5.88 Å². The molecule has 5 N–H and O–H groups in total. The van der Waals surface area contributed by atoms with Gasteiger partial charge in [-0.3, -0.25) is 10.8 Å². The Morgan fingerprint density at radius 2 is 2.00 bits per heavy atom. The maximum absolute atomic E-state index is 14.3. The van der Waals surface area contributed by atoms with E-state index < -0.39 is 11.9 Å². The molecule has 0 radical (unpaired) electrons. The summed E-state index contributed by atoms with van der Waals surface area (Å²) in [7, 11) is 0. The monoisotopic (exact) mass is 454 g/mol. The summed E-state index contributed by atoms with van der Waals surface area (Å²) in [4.78, 5) is 4.23. The molecule has 0 aliphatic carbocycles. The number of aliphatic hydroxyl groups excluding tert-OH is 1. The Hall–Kier alpha value is -2.20. The Bertz CT molecular complexity index is 943. The van der Waals surface area contributed by atoms with E-state index in [4.69, 9.17) is 42.7 Å². The second-order valence-electron chi connectivity index (χ2n) is 6.79. The van der Waals surface area contributed by atoms with Crippen LogP contribution in [0.3, 0.4) is 0 Å². The molecule has 0 unspecified atom stereocenters. The molecule has 0 saturated heterocycles. The zero-order valence-corrected chi connectivity index (χ0v) is 18.4. The van der Waals surface area contributed by atoms with E-state index >= 15 is 0 Å². The fraction of sp³-hybridized carbons (Fsp3) is 0.350. The van der Waals surface area contributed by atoms with Crippen molar-refractivity contribution in [1.29, 1.82) is 10.8 Å². The molecular weight excluding hydrogens is 431 g/mol. The van der Waals surface area contributed by atoms with Gasteiger partial charge in [-0.2, -0.15) is 0 Å². The van der Waals surface area contributed by atoms with Gasteiger partial charge < -0.3 is 20.3 Å². The number of aliphatic hydroxyl groups is 1. The quantitative estimate of drug-likeness (QED) is 0.355. The first kappa shape index (κ1) is 24.1. The van der Waals surface area contributed by atoms with Crippen LogP contribution in [0.1, 0.15) is 30.5 Å². The molecule has 0 fully saturated rings. The van der Waals surface area contributed by atoms with Crippen LogP contribution in [0.4, 0.5) is 4.39 Å². The van der Waals surface area contributed by atoms with Crippen LogP contribution in [0, 0.1) is 23.6 Å². The highest BCUT2D eigenvalue weighted by molar-refractivity contribution is 8.27. The third-order valence-electron chi connectivity index (χ3n) is 3.80. The Labute approximate surface area is 183 Å². The SMILES string of the molecule is Cc1cc(C(=N)SC(=N)c2cc(F)c(OC[C@H](N)CO)cc2Cl)cnc1OC(C)C. The summed E-state index contributed by atoms with van der Waals surface area (Å²) in [5, 5.41) is 25.5. The van der Waals surface area contributed by atoms with Gasteiger partial charge in [0.1, 0.15) is 16.7 Å². The zero-order chi connectivity index (χ0) is 22.4. The van der Waals surface area contributed by atoms with Crippen LogP contribution in [0.5, 0.6) is 11.6 Å². The molecule has 0 saturated carbocycles. The molecule has 1 heterocycles. The summed E-state index contributed by atoms with van der Waals surface area (Å²) < 4.78 is 25.1. The minimum atomic E-state index is -0.718. The molecule has 2 aromatic rings. The standard InChI is InChI=1S/C20H24ClFN4O3S/c1-10(2)29-20-11(3)4-12(7-26-20)18(24)30-19(25)14-5-16(22)17(6-15(14)21)28-9-13(23)8-27/h4-7,10,13,24-25,27H,8-9,23H2,1-3H3/t13-/m1/s1. The molecule has 162 valence electrons. The van der Waals surface area contributed by atoms with Gasteiger partial charge in [0.05, 0.1) is 23.8 Å². The summed E-state index contributed by atoms with van der Waals surface area (Å²) in [5.41, 5.74) is 6.94. The van der Waals surface area contributed by atoms with Crippen molar-refractivity contribution in [2.75, 3.05) is 13.2 Å². The topological polar surface area (TPSA) is 125 Å². The summed E-state index contributed by atoms with van der Waals surface area (Å²) >= 11 is 7.01. The van der Waals surface area contributed by atoms with E-state index in [2.05, 4.69) is 4.98 Å². The van der Waals surface area contributed by atoms with Gasteiger partial charge in [-0.25, -0.2) is 9.37 Å². The number of hydrogen-bond acceptors (Lipinski definition) is 8. The number of thioether (sulfide) groups is 1. The van der Waals surface area contributed by atoms with Crippen molar-refractivity contribution in [2.45, 2.75) is 32.9 Å². The van der Waals surface area contributed by atoms with Gasteiger partial charge in [0.15, 0.2) is 11.6 Å². The molecule has 30 heavy (non-hydrogen) atoms. The first-order chi connectivity index (χ1) is 14.1. The number of nitrogens with zero attached hydrogens (tertiary/aromatic N) is 1. The highest BCUT2D eigenvalue weighted by Gasteiger charge is 2.17. The lowest BCUT2D eigenvalue weighted by molar-refractivity contribution is 0.202. The van der Waals surface area contributed by atoms with Gasteiger partial charge >= 0.3 is 0 Å². The average molecular weight is 455 g/mol. The minimum Gasteiger partial charge on any atom is -0.489 e. The summed E-state index contributed by atoms with van der Waals surface area (Å²) in [6.07, 6.45) is 1.48. The molecule has 0 amide bonds. The normalized spacial score (nSPS) is 12.0. The van der Waals surface area contributed by atoms with Crippen molar-refractivity contribution >= 4 is 33.5 Å². The molecule has 0 bridgehead atoms. The molecule has 0 aliphatic heterocycles. The predicted molar refractivity (Wildman–Crippen MR) is 118 cm³/mol. The first-order valence-electron chi connectivity index (χ1n) is 9.09. The van der Waals surface area contributed by atoms with E-state index in [1.54, 1.807) is 6.07 Å². The van der Waals surface area contributed by atoms with Gasteiger partial charge in [0, 0.05) is 29.0 Å². The number of pyridine rings is 1.